The lowest BCUT2D eigenvalue weighted by Crippen LogP contribution is -2.32. The molecular formula is C22H19F2N7. The molecule has 156 valence electrons. The number of fused-ring (bicyclic) bond motifs is 1. The normalized spacial score (nSPS) is 15.0. The van der Waals surface area contributed by atoms with Gasteiger partial charge in [-0.25, -0.2) is 24.2 Å². The van der Waals surface area contributed by atoms with Crippen molar-refractivity contribution in [3.8, 4) is 11.4 Å². The number of benzene rings is 1. The fourth-order valence-electron chi connectivity index (χ4n) is 3.51. The highest BCUT2D eigenvalue weighted by Gasteiger charge is 2.22. The summed E-state index contributed by atoms with van der Waals surface area (Å²) >= 11 is 0. The summed E-state index contributed by atoms with van der Waals surface area (Å²) in [5.74, 6) is 0.173. The number of H-pyrrole nitrogens is 1. The SMILES string of the molecule is Cc1cccc(-c2[nH]c(CNc3cc(F)cc(F)c3)nc2C2=CN3NCN=C3C=C2)n1. The number of aliphatic imine (C=N–C) groups is 1. The number of hydrogen-bond donors (Lipinski definition) is 3. The van der Waals surface area contributed by atoms with Gasteiger partial charge in [0.1, 0.15) is 30.0 Å². The van der Waals surface area contributed by atoms with Crippen LogP contribution in [0.3, 0.4) is 0 Å². The van der Waals surface area contributed by atoms with Crippen molar-refractivity contribution in [2.24, 2.45) is 4.99 Å². The Labute approximate surface area is 177 Å². The number of pyridine rings is 1. The topological polar surface area (TPSA) is 81.2 Å². The number of hydrogen-bond acceptors (Lipinski definition) is 6. The number of imidazole rings is 1. The molecule has 0 saturated carbocycles. The molecule has 0 bridgehead atoms. The number of halogens is 2. The van der Waals surface area contributed by atoms with Gasteiger partial charge in [-0.05, 0) is 43.3 Å². The number of nitrogens with zero attached hydrogens (tertiary/aromatic N) is 4. The monoisotopic (exact) mass is 419 g/mol. The summed E-state index contributed by atoms with van der Waals surface area (Å²) in [6.07, 6.45) is 5.81. The van der Waals surface area contributed by atoms with Gasteiger partial charge in [0.25, 0.3) is 0 Å². The van der Waals surface area contributed by atoms with E-state index >= 15 is 0 Å². The number of aryl methyl sites for hydroxylation is 1. The number of nitrogens with one attached hydrogen (secondary N) is 3. The lowest BCUT2D eigenvalue weighted by molar-refractivity contribution is 0.454. The number of hydrazine groups is 1. The first-order valence-corrected chi connectivity index (χ1v) is 9.75. The van der Waals surface area contributed by atoms with Crippen molar-refractivity contribution >= 4 is 17.1 Å². The van der Waals surface area contributed by atoms with Gasteiger partial charge in [-0.3, -0.25) is 9.99 Å². The van der Waals surface area contributed by atoms with Gasteiger partial charge in [0.05, 0.1) is 23.6 Å². The third-order valence-corrected chi connectivity index (χ3v) is 4.90. The molecule has 7 nitrogen and oxygen atoms in total. The second-order valence-electron chi connectivity index (χ2n) is 7.20. The van der Waals surface area contributed by atoms with E-state index in [1.54, 1.807) is 0 Å². The van der Waals surface area contributed by atoms with Crippen LogP contribution in [0.25, 0.3) is 17.0 Å². The molecule has 3 aromatic rings. The molecule has 0 atom stereocenters. The molecule has 31 heavy (non-hydrogen) atoms. The summed E-state index contributed by atoms with van der Waals surface area (Å²) in [7, 11) is 0. The Bertz CT molecular complexity index is 1220. The van der Waals surface area contributed by atoms with Crippen LogP contribution >= 0.6 is 0 Å². The number of allylic oxidation sites excluding steroid dienone is 2. The first kappa shape index (κ1) is 19.1. The van der Waals surface area contributed by atoms with Gasteiger partial charge >= 0.3 is 0 Å². The minimum Gasteiger partial charge on any atom is -0.378 e. The van der Waals surface area contributed by atoms with E-state index in [1.165, 1.54) is 12.1 Å². The number of amidine groups is 1. The smallest absolute Gasteiger partial charge is 0.143 e. The Balaban J connectivity index is 1.49. The van der Waals surface area contributed by atoms with Crippen LogP contribution in [-0.4, -0.2) is 32.5 Å². The Morgan fingerprint density at radius 2 is 1.94 bits per heavy atom. The minimum absolute atomic E-state index is 0.257. The van der Waals surface area contributed by atoms with Crippen molar-refractivity contribution < 1.29 is 8.78 Å². The zero-order valence-electron chi connectivity index (χ0n) is 16.7. The van der Waals surface area contributed by atoms with Crippen LogP contribution in [-0.2, 0) is 6.54 Å². The van der Waals surface area contributed by atoms with E-state index in [-0.39, 0.29) is 6.54 Å². The summed E-state index contributed by atoms with van der Waals surface area (Å²) in [4.78, 5) is 17.0. The average Bonchev–Trinajstić information content (AvgIpc) is 3.38. The predicted molar refractivity (Wildman–Crippen MR) is 115 cm³/mol. The van der Waals surface area contributed by atoms with Crippen LogP contribution in [0, 0.1) is 18.6 Å². The van der Waals surface area contributed by atoms with Crippen molar-refractivity contribution in [3.63, 3.8) is 0 Å². The van der Waals surface area contributed by atoms with E-state index in [4.69, 9.17) is 4.98 Å². The zero-order chi connectivity index (χ0) is 21.4. The number of rotatable bonds is 5. The maximum absolute atomic E-state index is 13.5. The molecule has 2 aromatic heterocycles. The van der Waals surface area contributed by atoms with Crippen molar-refractivity contribution in [1.82, 2.24) is 25.4 Å². The molecule has 2 aliphatic heterocycles. The molecule has 2 aliphatic rings. The largest absolute Gasteiger partial charge is 0.378 e. The highest BCUT2D eigenvalue weighted by Crippen LogP contribution is 2.29. The second kappa shape index (κ2) is 7.77. The molecule has 0 unspecified atom stereocenters. The summed E-state index contributed by atoms with van der Waals surface area (Å²) in [6, 6.07) is 9.09. The molecule has 4 heterocycles. The zero-order valence-corrected chi connectivity index (χ0v) is 16.7. The molecule has 9 heteroatoms. The maximum Gasteiger partial charge on any atom is 0.143 e. The van der Waals surface area contributed by atoms with Crippen LogP contribution in [0.5, 0.6) is 0 Å². The molecule has 0 radical (unpaired) electrons. The summed E-state index contributed by atoms with van der Waals surface area (Å²) in [5.41, 5.74) is 7.51. The molecular weight excluding hydrogens is 400 g/mol. The van der Waals surface area contributed by atoms with Crippen LogP contribution in [0.4, 0.5) is 14.5 Å². The fraction of sp³-hybridized carbons (Fsp3) is 0.136. The fourth-order valence-corrected chi connectivity index (χ4v) is 3.51. The predicted octanol–water partition coefficient (Wildman–Crippen LogP) is 3.76. The number of aromatic amines is 1. The molecule has 3 N–H and O–H groups in total. The average molecular weight is 419 g/mol. The van der Waals surface area contributed by atoms with Crippen molar-refractivity contribution in [2.45, 2.75) is 13.5 Å². The molecule has 0 spiro atoms. The van der Waals surface area contributed by atoms with E-state index in [0.29, 0.717) is 18.2 Å². The highest BCUT2D eigenvalue weighted by atomic mass is 19.1. The van der Waals surface area contributed by atoms with Gasteiger partial charge in [-0.1, -0.05) is 6.07 Å². The van der Waals surface area contributed by atoms with Crippen LogP contribution in [0.1, 0.15) is 17.2 Å². The summed E-state index contributed by atoms with van der Waals surface area (Å²) < 4.78 is 27.0. The second-order valence-corrected chi connectivity index (χ2v) is 7.20. The quantitative estimate of drug-likeness (QED) is 0.587. The standard InChI is InChI=1S/C22H19F2N7/c1-13-3-2-4-18(28-13)22-21(14-5-6-20-26-12-27-31(20)11-14)29-19(30-22)10-25-17-8-15(23)7-16(24)9-17/h2-9,11,25,27H,10,12H2,1H3,(H,29,30). The molecule has 0 saturated heterocycles. The first-order valence-electron chi connectivity index (χ1n) is 9.75. The third kappa shape index (κ3) is 3.95. The lowest BCUT2D eigenvalue weighted by Gasteiger charge is -2.18. The third-order valence-electron chi connectivity index (χ3n) is 4.90. The van der Waals surface area contributed by atoms with E-state index in [2.05, 4.69) is 25.7 Å². The van der Waals surface area contributed by atoms with E-state index in [1.807, 2.05) is 48.5 Å². The lowest BCUT2D eigenvalue weighted by atomic mass is 10.1. The number of aromatic nitrogens is 3. The summed E-state index contributed by atoms with van der Waals surface area (Å²) in [5, 5.41) is 4.86. The van der Waals surface area contributed by atoms with Gasteiger partial charge in [-0.2, -0.15) is 0 Å². The Morgan fingerprint density at radius 3 is 2.74 bits per heavy atom. The van der Waals surface area contributed by atoms with E-state index in [0.717, 1.165) is 40.3 Å². The van der Waals surface area contributed by atoms with Gasteiger partial charge in [0.15, 0.2) is 0 Å². The summed E-state index contributed by atoms with van der Waals surface area (Å²) in [6.45, 7) is 2.71. The van der Waals surface area contributed by atoms with Crippen LogP contribution in [0.2, 0.25) is 0 Å². The maximum atomic E-state index is 13.5. The van der Waals surface area contributed by atoms with E-state index < -0.39 is 11.6 Å². The number of anilines is 1. The Kier molecular flexibility index (Phi) is 4.79. The molecule has 5 rings (SSSR count). The van der Waals surface area contributed by atoms with Crippen molar-refractivity contribution in [2.75, 3.05) is 12.0 Å². The molecule has 0 amide bonds. The highest BCUT2D eigenvalue weighted by molar-refractivity contribution is 6.00. The van der Waals surface area contributed by atoms with Crippen LogP contribution in [0.15, 0.2) is 59.7 Å². The van der Waals surface area contributed by atoms with Gasteiger partial charge in [0.2, 0.25) is 0 Å². The molecule has 0 fully saturated rings. The van der Waals surface area contributed by atoms with Gasteiger partial charge in [-0.15, -0.1) is 0 Å². The van der Waals surface area contributed by atoms with E-state index in [9.17, 15) is 8.78 Å². The molecule has 0 aliphatic carbocycles. The van der Waals surface area contributed by atoms with Crippen molar-refractivity contribution in [1.29, 1.82) is 0 Å². The Hall–Kier alpha value is -3.85. The van der Waals surface area contributed by atoms with Gasteiger partial charge in [0, 0.05) is 29.2 Å². The Morgan fingerprint density at radius 1 is 1.10 bits per heavy atom. The van der Waals surface area contributed by atoms with Gasteiger partial charge < -0.3 is 10.3 Å². The first-order chi connectivity index (χ1) is 15.0. The van der Waals surface area contributed by atoms with Crippen LogP contribution < -0.4 is 10.7 Å². The van der Waals surface area contributed by atoms with Crippen molar-refractivity contribution in [3.05, 3.63) is 83.6 Å². The minimum atomic E-state index is -0.639. The molecule has 1 aromatic carbocycles.